The van der Waals surface area contributed by atoms with E-state index in [1.54, 1.807) is 73.7 Å². The molecular formula is C32H28O8Ti. The van der Waals surface area contributed by atoms with E-state index in [0.717, 1.165) is 18.9 Å². The van der Waals surface area contributed by atoms with Gasteiger partial charge in [-0.25, -0.2) is 0 Å². The standard InChI is InChI=1S/C10H6O3.2C10H9O2.C2H5O.Ti/c11-8-5-9(12)10(13)7-4-2-1-3-6(7)8;2*1-8(11)7-10(12)9-5-3-2-4-6-9;1-2-3;/h1-5,12H;2*2-7H,1H3;2H2,1H3;/q;3*-1;+4/p-1. The quantitative estimate of drug-likeness (QED) is 0.185. The summed E-state index contributed by atoms with van der Waals surface area (Å²) in [5.41, 5.74) is 1.62. The zero-order valence-electron chi connectivity index (χ0n) is 22.8. The smallest absolute Gasteiger partial charge is 0.870 e. The Hall–Kier alpha value is -4.37. The van der Waals surface area contributed by atoms with E-state index >= 15 is 0 Å². The number of hydrogen-bond acceptors (Lipinski definition) is 8. The number of carbonyl (C=O) groups is 6. The molecule has 0 amide bonds. The van der Waals surface area contributed by atoms with Crippen molar-refractivity contribution in [2.75, 3.05) is 6.61 Å². The van der Waals surface area contributed by atoms with E-state index in [1.165, 1.54) is 19.9 Å². The molecule has 0 saturated carbocycles. The maximum Gasteiger partial charge on any atom is 4.00 e. The molecule has 3 aromatic rings. The van der Waals surface area contributed by atoms with Gasteiger partial charge in [-0.15, -0.1) is 54.8 Å². The Kier molecular flexibility index (Phi) is 17.6. The predicted molar refractivity (Wildman–Crippen MR) is 145 cm³/mol. The molecule has 0 bridgehead atoms. The first-order chi connectivity index (χ1) is 19.0. The van der Waals surface area contributed by atoms with Crippen LogP contribution in [-0.2, 0) is 31.3 Å². The summed E-state index contributed by atoms with van der Waals surface area (Å²) in [7, 11) is 0. The van der Waals surface area contributed by atoms with Crippen molar-refractivity contribution >= 4 is 34.7 Å². The van der Waals surface area contributed by atoms with Gasteiger partial charge in [-0.2, -0.15) is 0 Å². The molecule has 41 heavy (non-hydrogen) atoms. The van der Waals surface area contributed by atoms with Crippen LogP contribution in [0.1, 0.15) is 62.2 Å². The Balaban J connectivity index is 0.000000552. The maximum atomic E-state index is 11.2. The number of Topliss-reactive ketones (excluding diaryl/α,β-unsaturated/α-hetero) is 5. The molecule has 9 heteroatoms. The van der Waals surface area contributed by atoms with Crippen molar-refractivity contribution in [2.45, 2.75) is 20.8 Å². The van der Waals surface area contributed by atoms with E-state index in [-0.39, 0.29) is 62.8 Å². The molecule has 0 heterocycles. The first-order valence-electron chi connectivity index (χ1n) is 12.1. The Morgan fingerprint density at radius 3 is 1.37 bits per heavy atom. The first-order valence-corrected chi connectivity index (χ1v) is 12.1. The number of hydrogen-bond donors (Lipinski definition) is 0. The molecule has 3 aromatic carbocycles. The van der Waals surface area contributed by atoms with Gasteiger partial charge in [0.1, 0.15) is 0 Å². The molecule has 0 aromatic heterocycles. The van der Waals surface area contributed by atoms with Gasteiger partial charge < -0.3 is 29.4 Å². The fourth-order valence-corrected chi connectivity index (χ4v) is 3.03. The third kappa shape index (κ3) is 13.5. The fourth-order valence-electron chi connectivity index (χ4n) is 3.03. The van der Waals surface area contributed by atoms with Gasteiger partial charge in [-0.1, -0.05) is 73.3 Å². The zero-order valence-corrected chi connectivity index (χ0v) is 24.3. The third-order valence-corrected chi connectivity index (χ3v) is 4.71. The number of fused-ring (bicyclic) bond motifs is 1. The molecule has 0 atom stereocenters. The summed E-state index contributed by atoms with van der Waals surface area (Å²) in [6, 6.07) is 23.8. The number of rotatable bonds is 6. The molecule has 208 valence electrons. The Morgan fingerprint density at radius 2 is 1.00 bits per heavy atom. The minimum Gasteiger partial charge on any atom is -0.870 e. The average Bonchev–Trinajstić information content (AvgIpc) is 2.93. The van der Waals surface area contributed by atoms with Crippen LogP contribution in [0, 0.1) is 12.8 Å². The fraction of sp³-hybridized carbons (Fsp3) is 0.125. The number of allylic oxidation sites excluding steroid dienone is 2. The van der Waals surface area contributed by atoms with Gasteiger partial charge in [-0.05, 0) is 19.9 Å². The van der Waals surface area contributed by atoms with Crippen LogP contribution in [0.25, 0.3) is 0 Å². The summed E-state index contributed by atoms with van der Waals surface area (Å²) in [5.74, 6) is -2.63. The minimum absolute atomic E-state index is 0. The molecule has 1 aliphatic rings. The SMILES string of the molecule is CC(=O)[CH-]C(=O)c1ccccc1.CC(=O)[CH-]C(=O)c1ccccc1.CC[O-].O=C1C=C([O-])C(=O)c2ccccc21.[Ti+4]. The van der Waals surface area contributed by atoms with Crippen molar-refractivity contribution < 1.29 is 60.7 Å². The normalized spacial score (nSPS) is 10.6. The molecule has 0 N–H and O–H groups in total. The molecule has 0 fully saturated rings. The second-order valence-corrected chi connectivity index (χ2v) is 8.01. The summed E-state index contributed by atoms with van der Waals surface area (Å²) in [6.45, 7) is 4.29. The van der Waals surface area contributed by atoms with Crippen molar-refractivity contribution in [1.82, 2.24) is 0 Å². The van der Waals surface area contributed by atoms with Gasteiger partial charge in [0.2, 0.25) is 0 Å². The Bertz CT molecular complexity index is 1300. The predicted octanol–water partition coefficient (Wildman–Crippen LogP) is 3.00. The average molecular weight is 588 g/mol. The first kappa shape index (κ1) is 36.6. The second kappa shape index (κ2) is 19.7. The van der Waals surface area contributed by atoms with Crippen LogP contribution in [-0.4, -0.2) is 41.3 Å². The monoisotopic (exact) mass is 588 g/mol. The second-order valence-electron chi connectivity index (χ2n) is 8.01. The van der Waals surface area contributed by atoms with Crippen LogP contribution in [0.4, 0.5) is 0 Å². The van der Waals surface area contributed by atoms with Gasteiger partial charge in [0.05, 0.1) is 11.6 Å². The summed E-state index contributed by atoms with van der Waals surface area (Å²) in [5, 5.41) is 19.9. The molecular weight excluding hydrogens is 560 g/mol. The number of ketones is 6. The van der Waals surface area contributed by atoms with Crippen LogP contribution in [0.3, 0.4) is 0 Å². The molecule has 0 saturated heterocycles. The summed E-state index contributed by atoms with van der Waals surface area (Å²) >= 11 is 0. The van der Waals surface area contributed by atoms with Gasteiger partial charge in [-0.3, -0.25) is 9.59 Å². The van der Waals surface area contributed by atoms with E-state index in [0.29, 0.717) is 16.7 Å². The van der Waals surface area contributed by atoms with E-state index in [9.17, 15) is 33.9 Å². The summed E-state index contributed by atoms with van der Waals surface area (Å²) in [6.07, 6.45) is 3.02. The van der Waals surface area contributed by atoms with Crippen molar-refractivity contribution in [2.24, 2.45) is 0 Å². The van der Waals surface area contributed by atoms with E-state index < -0.39 is 11.5 Å². The van der Waals surface area contributed by atoms with Crippen molar-refractivity contribution in [1.29, 1.82) is 0 Å². The van der Waals surface area contributed by atoms with Gasteiger partial charge in [0, 0.05) is 22.7 Å². The minimum atomic E-state index is -0.733. The van der Waals surface area contributed by atoms with E-state index in [4.69, 9.17) is 5.11 Å². The molecule has 1 aliphatic carbocycles. The zero-order chi connectivity index (χ0) is 30.1. The number of benzene rings is 3. The van der Waals surface area contributed by atoms with E-state index in [1.807, 2.05) is 12.1 Å². The summed E-state index contributed by atoms with van der Waals surface area (Å²) in [4.78, 5) is 65.9. The Labute approximate surface area is 254 Å². The van der Waals surface area contributed by atoms with Crippen molar-refractivity contribution in [3.8, 4) is 0 Å². The molecule has 0 aliphatic heterocycles. The van der Waals surface area contributed by atoms with Crippen LogP contribution in [0.5, 0.6) is 0 Å². The summed E-state index contributed by atoms with van der Waals surface area (Å²) < 4.78 is 0. The molecule has 0 unspecified atom stereocenters. The van der Waals surface area contributed by atoms with Crippen LogP contribution < -0.4 is 10.2 Å². The molecule has 8 nitrogen and oxygen atoms in total. The van der Waals surface area contributed by atoms with Crippen LogP contribution in [0.15, 0.2) is 96.8 Å². The van der Waals surface area contributed by atoms with Crippen molar-refractivity contribution in [3.05, 3.63) is 132 Å². The van der Waals surface area contributed by atoms with Crippen LogP contribution >= 0.6 is 0 Å². The van der Waals surface area contributed by atoms with Crippen molar-refractivity contribution in [3.63, 3.8) is 0 Å². The van der Waals surface area contributed by atoms with Crippen LogP contribution in [0.2, 0.25) is 0 Å². The molecule has 0 radical (unpaired) electrons. The number of carbonyl (C=O) groups excluding carboxylic acids is 6. The topological polar surface area (TPSA) is 149 Å². The van der Waals surface area contributed by atoms with Gasteiger partial charge in [0.25, 0.3) is 0 Å². The maximum absolute atomic E-state index is 11.2. The van der Waals surface area contributed by atoms with Gasteiger partial charge >= 0.3 is 21.7 Å². The largest absolute Gasteiger partial charge is 4.00 e. The third-order valence-electron chi connectivity index (χ3n) is 4.71. The molecule has 4 rings (SSSR count). The Morgan fingerprint density at radius 1 is 0.659 bits per heavy atom. The van der Waals surface area contributed by atoms with E-state index in [2.05, 4.69) is 0 Å². The van der Waals surface area contributed by atoms with Gasteiger partial charge in [0.15, 0.2) is 11.6 Å². The molecule has 0 spiro atoms.